The van der Waals surface area contributed by atoms with Gasteiger partial charge in [-0.2, -0.15) is 0 Å². The molecule has 1 unspecified atom stereocenters. The maximum Gasteiger partial charge on any atom is 0.0456 e. The van der Waals surface area contributed by atoms with Crippen LogP contribution in [0, 0.1) is 5.92 Å². The van der Waals surface area contributed by atoms with Gasteiger partial charge in [-0.3, -0.25) is 0 Å². The Balaban J connectivity index is -0.000000142. The first-order valence-corrected chi connectivity index (χ1v) is 4.44. The predicted octanol–water partition coefficient (Wildman–Crippen LogP) is 2.44. The third kappa shape index (κ3) is 22.5. The van der Waals surface area contributed by atoms with Crippen LogP contribution < -0.4 is 0 Å². The second kappa shape index (κ2) is 17.1. The zero-order valence-electron chi connectivity index (χ0n) is 8.01. The summed E-state index contributed by atoms with van der Waals surface area (Å²) in [6.07, 6.45) is 3.21. The molecule has 2 N–H and O–H groups in total. The molecule has 0 bridgehead atoms. The smallest absolute Gasteiger partial charge is 0.0456 e. The van der Waals surface area contributed by atoms with E-state index in [-0.39, 0.29) is 7.43 Å². The lowest BCUT2D eigenvalue weighted by Gasteiger charge is -2.01. The Morgan fingerprint density at radius 2 is 1.50 bits per heavy atom. The summed E-state index contributed by atoms with van der Waals surface area (Å²) >= 11 is 0. The van der Waals surface area contributed by atoms with Gasteiger partial charge in [0.1, 0.15) is 0 Å². The molecular formula is C10H26O2. The summed E-state index contributed by atoms with van der Waals surface area (Å²) in [6, 6.07) is 0. The van der Waals surface area contributed by atoms with Crippen LogP contribution in [0.15, 0.2) is 0 Å². The minimum Gasteiger partial charge on any atom is -0.396 e. The summed E-state index contributed by atoms with van der Waals surface area (Å²) < 4.78 is 0. The average molecular weight is 178 g/mol. The molecule has 12 heavy (non-hydrogen) atoms. The molecule has 0 saturated heterocycles. The Bertz CT molecular complexity index is 53.8. The molecule has 2 heteroatoms. The highest BCUT2D eigenvalue weighted by Gasteiger charge is 1.93. The fourth-order valence-electron chi connectivity index (χ4n) is 0.584. The van der Waals surface area contributed by atoms with Gasteiger partial charge in [0.05, 0.1) is 0 Å². The Morgan fingerprint density at radius 3 is 1.58 bits per heavy atom. The van der Waals surface area contributed by atoms with Crippen molar-refractivity contribution < 1.29 is 10.2 Å². The van der Waals surface area contributed by atoms with E-state index >= 15 is 0 Å². The summed E-state index contributed by atoms with van der Waals surface area (Å²) in [5, 5.41) is 16.3. The maximum atomic E-state index is 8.47. The minimum atomic E-state index is 0. The predicted molar refractivity (Wildman–Crippen MR) is 55.3 cm³/mol. The topological polar surface area (TPSA) is 40.5 Å². The SMILES string of the molecule is C.CCCC(C)CO.CCCO. The highest BCUT2D eigenvalue weighted by Crippen LogP contribution is 2.01. The van der Waals surface area contributed by atoms with Crippen molar-refractivity contribution >= 4 is 0 Å². The van der Waals surface area contributed by atoms with E-state index in [1.54, 1.807) is 0 Å². The minimum absolute atomic E-state index is 0. The monoisotopic (exact) mass is 178 g/mol. The zero-order chi connectivity index (χ0) is 9.11. The van der Waals surface area contributed by atoms with Gasteiger partial charge in [-0.1, -0.05) is 34.6 Å². The number of hydrogen-bond acceptors (Lipinski definition) is 2. The lowest BCUT2D eigenvalue weighted by atomic mass is 10.1. The highest BCUT2D eigenvalue weighted by molar-refractivity contribution is 4.45. The van der Waals surface area contributed by atoms with E-state index < -0.39 is 0 Å². The van der Waals surface area contributed by atoms with Crippen LogP contribution in [0.25, 0.3) is 0 Å². The largest absolute Gasteiger partial charge is 0.396 e. The third-order valence-corrected chi connectivity index (χ3v) is 1.32. The van der Waals surface area contributed by atoms with Gasteiger partial charge in [-0.25, -0.2) is 0 Å². The van der Waals surface area contributed by atoms with Gasteiger partial charge in [-0.15, -0.1) is 0 Å². The molecule has 0 aliphatic rings. The molecule has 0 radical (unpaired) electrons. The van der Waals surface area contributed by atoms with E-state index in [4.69, 9.17) is 10.2 Å². The molecule has 0 spiro atoms. The van der Waals surface area contributed by atoms with Crippen LogP contribution in [0.5, 0.6) is 0 Å². The fourth-order valence-corrected chi connectivity index (χ4v) is 0.584. The van der Waals surface area contributed by atoms with E-state index in [1.807, 2.05) is 6.92 Å². The molecule has 0 aromatic rings. The van der Waals surface area contributed by atoms with E-state index in [0.29, 0.717) is 19.1 Å². The first kappa shape index (κ1) is 17.9. The van der Waals surface area contributed by atoms with Gasteiger partial charge < -0.3 is 10.2 Å². The van der Waals surface area contributed by atoms with Crippen molar-refractivity contribution in [2.75, 3.05) is 13.2 Å². The van der Waals surface area contributed by atoms with Gasteiger partial charge in [0.2, 0.25) is 0 Å². The maximum absolute atomic E-state index is 8.47. The van der Waals surface area contributed by atoms with Crippen molar-refractivity contribution in [3.63, 3.8) is 0 Å². The number of aliphatic hydroxyl groups is 2. The standard InChI is InChI=1S/C6H14O.C3H8O.CH4/c1-3-4-6(2)5-7;1-2-3-4;/h6-7H,3-5H2,1-2H3;4H,2-3H2,1H3;1H4. The van der Waals surface area contributed by atoms with Gasteiger partial charge in [-0.05, 0) is 18.8 Å². The third-order valence-electron chi connectivity index (χ3n) is 1.32. The molecule has 0 saturated carbocycles. The molecule has 78 valence electrons. The number of aliphatic hydroxyl groups excluding tert-OH is 2. The Morgan fingerprint density at radius 1 is 1.08 bits per heavy atom. The molecule has 0 amide bonds. The molecule has 0 aromatic carbocycles. The molecule has 0 fully saturated rings. The molecule has 1 atom stereocenters. The van der Waals surface area contributed by atoms with E-state index in [2.05, 4.69) is 13.8 Å². The molecule has 0 heterocycles. The Hall–Kier alpha value is -0.0800. The first-order chi connectivity index (χ1) is 5.22. The normalized spacial score (nSPS) is 10.8. The van der Waals surface area contributed by atoms with Crippen LogP contribution in [0.1, 0.15) is 47.5 Å². The Kier molecular flexibility index (Phi) is 25.5. The van der Waals surface area contributed by atoms with Crippen LogP contribution in [-0.4, -0.2) is 23.4 Å². The second-order valence-corrected chi connectivity index (χ2v) is 2.80. The van der Waals surface area contributed by atoms with Crippen LogP contribution in [0.3, 0.4) is 0 Å². The van der Waals surface area contributed by atoms with Gasteiger partial charge in [0, 0.05) is 13.2 Å². The summed E-state index contributed by atoms with van der Waals surface area (Å²) in [7, 11) is 0. The van der Waals surface area contributed by atoms with Crippen LogP contribution in [0.4, 0.5) is 0 Å². The number of rotatable bonds is 4. The summed E-state index contributed by atoms with van der Waals surface area (Å²) in [5.74, 6) is 0.505. The molecule has 0 rings (SSSR count). The second-order valence-electron chi connectivity index (χ2n) is 2.80. The first-order valence-electron chi connectivity index (χ1n) is 4.44. The van der Waals surface area contributed by atoms with Crippen molar-refractivity contribution in [1.82, 2.24) is 0 Å². The van der Waals surface area contributed by atoms with Gasteiger partial charge in [0.25, 0.3) is 0 Å². The van der Waals surface area contributed by atoms with E-state index in [0.717, 1.165) is 12.8 Å². The van der Waals surface area contributed by atoms with Crippen LogP contribution >= 0.6 is 0 Å². The zero-order valence-corrected chi connectivity index (χ0v) is 8.01. The quantitative estimate of drug-likeness (QED) is 0.694. The van der Waals surface area contributed by atoms with Crippen molar-refractivity contribution in [2.24, 2.45) is 5.92 Å². The van der Waals surface area contributed by atoms with E-state index in [1.165, 1.54) is 6.42 Å². The lowest BCUT2D eigenvalue weighted by Crippen LogP contribution is -1.98. The molecule has 0 aliphatic heterocycles. The van der Waals surface area contributed by atoms with Gasteiger partial charge in [0.15, 0.2) is 0 Å². The van der Waals surface area contributed by atoms with Crippen LogP contribution in [0.2, 0.25) is 0 Å². The molecular weight excluding hydrogens is 152 g/mol. The average Bonchev–Trinajstić information content (AvgIpc) is 2.05. The van der Waals surface area contributed by atoms with Crippen molar-refractivity contribution in [1.29, 1.82) is 0 Å². The summed E-state index contributed by atoms with van der Waals surface area (Å²) in [6.45, 7) is 6.78. The van der Waals surface area contributed by atoms with Crippen molar-refractivity contribution in [2.45, 2.75) is 47.5 Å². The summed E-state index contributed by atoms with van der Waals surface area (Å²) in [4.78, 5) is 0. The van der Waals surface area contributed by atoms with Gasteiger partial charge >= 0.3 is 0 Å². The van der Waals surface area contributed by atoms with E-state index in [9.17, 15) is 0 Å². The lowest BCUT2D eigenvalue weighted by molar-refractivity contribution is 0.229. The highest BCUT2D eigenvalue weighted by atomic mass is 16.3. The van der Waals surface area contributed by atoms with Crippen molar-refractivity contribution in [3.05, 3.63) is 0 Å². The summed E-state index contributed by atoms with van der Waals surface area (Å²) in [5.41, 5.74) is 0. The fraction of sp³-hybridized carbons (Fsp3) is 1.00. The Labute approximate surface area is 77.6 Å². The molecule has 0 aromatic heterocycles. The molecule has 2 nitrogen and oxygen atoms in total. The van der Waals surface area contributed by atoms with Crippen LogP contribution in [-0.2, 0) is 0 Å². The molecule has 0 aliphatic carbocycles. The number of hydrogen-bond donors (Lipinski definition) is 2. The van der Waals surface area contributed by atoms with Crippen molar-refractivity contribution in [3.8, 4) is 0 Å².